The number of anilines is 1. The van der Waals surface area contributed by atoms with Crippen molar-refractivity contribution in [2.75, 3.05) is 12.5 Å². The van der Waals surface area contributed by atoms with Crippen LogP contribution in [0.4, 0.5) is 10.1 Å². The van der Waals surface area contributed by atoms with Gasteiger partial charge in [-0.25, -0.2) is 4.39 Å². The van der Waals surface area contributed by atoms with Crippen LogP contribution in [-0.4, -0.2) is 34.9 Å². The minimum Gasteiger partial charge on any atom is -0.392 e. The molecule has 2 aromatic rings. The second-order valence-corrected chi connectivity index (χ2v) is 10.7. The van der Waals surface area contributed by atoms with Gasteiger partial charge in [-0.2, -0.15) is 9.68 Å². The van der Waals surface area contributed by atoms with Crippen molar-refractivity contribution in [2.24, 2.45) is 0 Å². The van der Waals surface area contributed by atoms with Gasteiger partial charge >= 0.3 is 0 Å². The Bertz CT molecular complexity index is 980. The first kappa shape index (κ1) is 30.7. The third-order valence-electron chi connectivity index (χ3n) is 6.08. The number of hydrogen-bond acceptors (Lipinski definition) is 6. The molecule has 0 aliphatic carbocycles. The number of nitriles is 1. The minimum atomic E-state index is -0.324. The van der Waals surface area contributed by atoms with Crippen LogP contribution in [0.3, 0.4) is 0 Å². The summed E-state index contributed by atoms with van der Waals surface area (Å²) in [5.74, 6) is 0.143. The molecule has 35 heavy (non-hydrogen) atoms. The van der Waals surface area contributed by atoms with Crippen molar-refractivity contribution in [3.05, 3.63) is 64.5 Å². The van der Waals surface area contributed by atoms with E-state index in [1.807, 2.05) is 42.7 Å². The van der Waals surface area contributed by atoms with Gasteiger partial charge in [-0.05, 0) is 61.6 Å². The molecule has 0 aliphatic rings. The Kier molecular flexibility index (Phi) is 13.1. The topological polar surface area (TPSA) is 83.1 Å². The number of aliphatic hydroxyl groups excluding tert-OH is 1. The summed E-state index contributed by atoms with van der Waals surface area (Å²) in [5, 5.41) is 26.6. The highest BCUT2D eigenvalue weighted by Crippen LogP contribution is 2.38. The van der Waals surface area contributed by atoms with E-state index < -0.39 is 0 Å². The van der Waals surface area contributed by atoms with E-state index in [1.165, 1.54) is 18.3 Å². The largest absolute Gasteiger partial charge is 0.392 e. The second-order valence-electron chi connectivity index (χ2n) is 8.96. The van der Waals surface area contributed by atoms with Crippen LogP contribution in [0.1, 0.15) is 68.7 Å². The first-order valence-corrected chi connectivity index (χ1v) is 13.1. The highest BCUT2D eigenvalue weighted by atomic mass is 32.2. The van der Waals surface area contributed by atoms with Gasteiger partial charge in [0.25, 0.3) is 0 Å². The molecule has 190 valence electrons. The quantitative estimate of drug-likeness (QED) is 0.134. The summed E-state index contributed by atoms with van der Waals surface area (Å²) in [6.07, 6.45) is 4.62. The number of hydrazine groups is 1. The maximum Gasteiger partial charge on any atom is 0.226 e. The van der Waals surface area contributed by atoms with E-state index in [9.17, 15) is 9.50 Å². The number of aryl methyl sites for hydroxylation is 1. The van der Waals surface area contributed by atoms with E-state index in [0.717, 1.165) is 36.8 Å². The molecule has 2 rings (SSSR count). The molecule has 0 bridgehead atoms. The maximum atomic E-state index is 13.3. The van der Waals surface area contributed by atoms with Crippen LogP contribution in [-0.2, 0) is 5.41 Å². The molecular weight excluding hydrogens is 458 g/mol. The first-order valence-electron chi connectivity index (χ1n) is 12.2. The zero-order chi connectivity index (χ0) is 26.6. The molecule has 0 aliphatic heterocycles. The Morgan fingerprint density at radius 2 is 1.89 bits per heavy atom. The Balaban J connectivity index is 0.000000351. The summed E-state index contributed by atoms with van der Waals surface area (Å²) in [7, 11) is 1.87. The molecule has 3 N–H and O–H groups in total. The maximum absolute atomic E-state index is 13.3. The molecule has 5 nitrogen and oxygen atoms in total. The summed E-state index contributed by atoms with van der Waals surface area (Å²) < 4.78 is 15.1. The molecule has 0 spiro atoms. The standard InChI is InChI=1S/C16H23NO.C11H17BFN3S/c1-4-11-16(6-3,15(18)5-2)14-9-7-13(12-17)8-10-14;1-8-5-9(13)6-11(10(8)7-14)15-16(4)17-12(2)3/h7-10,15,18H,4-6,11H2,1-3H3;5-7,14-15H,1-4H3. The van der Waals surface area contributed by atoms with Crippen LogP contribution in [0.25, 0.3) is 0 Å². The van der Waals surface area contributed by atoms with Crippen molar-refractivity contribution in [1.29, 1.82) is 10.7 Å². The molecular formula is C27H40BFN4OS. The van der Waals surface area contributed by atoms with E-state index in [4.69, 9.17) is 10.7 Å². The lowest BCUT2D eigenvalue weighted by molar-refractivity contribution is 0.0662. The van der Waals surface area contributed by atoms with Crippen molar-refractivity contribution in [1.82, 2.24) is 4.41 Å². The zero-order valence-corrected chi connectivity index (χ0v) is 23.0. The van der Waals surface area contributed by atoms with Crippen LogP contribution in [0.15, 0.2) is 36.4 Å². The Hall–Kier alpha value is -2.34. The normalized spacial score (nSPS) is 13.2. The van der Waals surface area contributed by atoms with Crippen molar-refractivity contribution in [3.63, 3.8) is 0 Å². The number of rotatable bonds is 11. The van der Waals surface area contributed by atoms with Crippen molar-refractivity contribution < 1.29 is 9.50 Å². The number of nitrogens with zero attached hydrogens (tertiary/aromatic N) is 2. The number of nitrogens with one attached hydrogen (secondary N) is 2. The predicted molar refractivity (Wildman–Crippen MR) is 150 cm³/mol. The van der Waals surface area contributed by atoms with Crippen LogP contribution in [0.2, 0.25) is 13.6 Å². The van der Waals surface area contributed by atoms with Gasteiger partial charge in [0.1, 0.15) is 5.82 Å². The fourth-order valence-corrected chi connectivity index (χ4v) is 5.17. The van der Waals surface area contributed by atoms with Gasteiger partial charge in [-0.3, -0.25) is 0 Å². The lowest BCUT2D eigenvalue weighted by Gasteiger charge is -2.37. The van der Waals surface area contributed by atoms with Crippen LogP contribution in [0.5, 0.6) is 0 Å². The lowest BCUT2D eigenvalue weighted by Crippen LogP contribution is -2.38. The molecule has 8 heteroatoms. The van der Waals surface area contributed by atoms with E-state index in [0.29, 0.717) is 22.8 Å². The van der Waals surface area contributed by atoms with Gasteiger partial charge < -0.3 is 15.9 Å². The molecule has 0 saturated carbocycles. The van der Waals surface area contributed by atoms with Gasteiger partial charge in [0.2, 0.25) is 5.99 Å². The molecule has 2 atom stereocenters. The van der Waals surface area contributed by atoms with Gasteiger partial charge in [-0.1, -0.05) is 53.0 Å². The number of hydrogen-bond donors (Lipinski definition) is 3. The van der Waals surface area contributed by atoms with E-state index in [-0.39, 0.29) is 17.3 Å². The van der Waals surface area contributed by atoms with Crippen molar-refractivity contribution >= 4 is 29.7 Å². The molecule has 2 aromatic carbocycles. The molecule has 0 amide bonds. The van der Waals surface area contributed by atoms with Gasteiger partial charge in [0.15, 0.2) is 0 Å². The van der Waals surface area contributed by atoms with Gasteiger partial charge in [-0.15, -0.1) is 11.8 Å². The summed E-state index contributed by atoms with van der Waals surface area (Å²) in [4.78, 5) is 0. The highest BCUT2D eigenvalue weighted by molar-refractivity contribution is 8.23. The smallest absolute Gasteiger partial charge is 0.226 e. The minimum absolute atomic E-state index is 0.169. The Morgan fingerprint density at radius 1 is 1.26 bits per heavy atom. The molecule has 2 unspecified atom stereocenters. The molecule has 0 saturated heterocycles. The number of aliphatic hydroxyl groups is 1. The third-order valence-corrected chi connectivity index (χ3v) is 6.91. The summed E-state index contributed by atoms with van der Waals surface area (Å²) in [6.45, 7) is 12.3. The van der Waals surface area contributed by atoms with E-state index in [2.05, 4.69) is 39.0 Å². The number of benzene rings is 2. The monoisotopic (exact) mass is 498 g/mol. The average molecular weight is 499 g/mol. The number of halogens is 1. The highest BCUT2D eigenvalue weighted by Gasteiger charge is 2.36. The van der Waals surface area contributed by atoms with Crippen LogP contribution in [0, 0.1) is 29.5 Å². The fourth-order valence-electron chi connectivity index (χ4n) is 4.38. The Labute approximate surface area is 215 Å². The van der Waals surface area contributed by atoms with Crippen molar-refractivity contribution in [3.8, 4) is 6.07 Å². The third kappa shape index (κ3) is 8.68. The zero-order valence-electron chi connectivity index (χ0n) is 22.2. The van der Waals surface area contributed by atoms with Gasteiger partial charge in [0, 0.05) is 24.2 Å². The summed E-state index contributed by atoms with van der Waals surface area (Å²) in [6, 6.07) is 12.7. The summed E-state index contributed by atoms with van der Waals surface area (Å²) >= 11 is 1.60. The molecule has 0 fully saturated rings. The fraction of sp³-hybridized carbons (Fsp3) is 0.481. The molecule has 0 heterocycles. The Morgan fingerprint density at radius 3 is 2.34 bits per heavy atom. The van der Waals surface area contributed by atoms with E-state index in [1.54, 1.807) is 18.7 Å². The second kappa shape index (κ2) is 14.9. The first-order chi connectivity index (χ1) is 16.6. The van der Waals surface area contributed by atoms with E-state index >= 15 is 0 Å². The SMILES string of the molecule is CB(C)SN(C)Nc1cc(F)cc(C)c1C=N.CCCC(CC)(c1ccc(C#N)cc1)C(O)CC. The predicted octanol–water partition coefficient (Wildman–Crippen LogP) is 7.07. The molecule has 0 radical (unpaired) electrons. The van der Waals surface area contributed by atoms with Crippen molar-refractivity contribution in [2.45, 2.75) is 78.5 Å². The van der Waals surface area contributed by atoms with Crippen LogP contribution < -0.4 is 5.43 Å². The van der Waals surface area contributed by atoms with Crippen LogP contribution >= 0.6 is 11.8 Å². The summed E-state index contributed by atoms with van der Waals surface area (Å²) in [5.41, 5.74) is 6.82. The molecule has 0 aromatic heterocycles. The van der Waals surface area contributed by atoms with Gasteiger partial charge in [0.05, 0.1) is 23.4 Å². The average Bonchev–Trinajstić information content (AvgIpc) is 2.82. The lowest BCUT2D eigenvalue weighted by atomic mass is 9.69.